The summed E-state index contributed by atoms with van der Waals surface area (Å²) in [7, 11) is 0. The summed E-state index contributed by atoms with van der Waals surface area (Å²) in [6, 6.07) is 51.5. The van der Waals surface area contributed by atoms with Crippen LogP contribution in [0.25, 0.3) is 117 Å². The van der Waals surface area contributed by atoms with Gasteiger partial charge in [-0.05, 0) is 81.9 Å². The standard InChI is InChI=1S/C57H36N4O/c1-4-16-37(17-5-1)40-22-14-23-43(34-40)56-58-55(39-20-8-3-9-21-39)59-57(60-56)47-35-41(30-32-51(47)61-49-27-12-10-24-45(49)46-25-11-13-28-50(46)61)42-31-33-52-48(36-42)54-44(26-15-29-53(54)62-52)38-18-6-2-7-19-38/h1-36H/i10D,11D,12D,13D,24D,25D,27D,28D. The van der Waals surface area contributed by atoms with Crippen molar-refractivity contribution in [3.63, 3.8) is 0 Å². The van der Waals surface area contributed by atoms with Crippen molar-refractivity contribution in [2.24, 2.45) is 0 Å². The molecule has 0 aliphatic heterocycles. The molecule has 0 aliphatic carbocycles. The highest BCUT2D eigenvalue weighted by Crippen LogP contribution is 2.41. The summed E-state index contributed by atoms with van der Waals surface area (Å²) in [5.41, 5.74) is 9.16. The van der Waals surface area contributed by atoms with Gasteiger partial charge in [0.1, 0.15) is 11.2 Å². The van der Waals surface area contributed by atoms with Gasteiger partial charge in [-0.1, -0.05) is 170 Å². The lowest BCUT2D eigenvalue weighted by Gasteiger charge is -2.16. The number of hydrogen-bond acceptors (Lipinski definition) is 4. The van der Waals surface area contributed by atoms with Crippen LogP contribution >= 0.6 is 0 Å². The van der Waals surface area contributed by atoms with Gasteiger partial charge in [-0.25, -0.2) is 15.0 Å². The van der Waals surface area contributed by atoms with Crippen molar-refractivity contribution in [2.45, 2.75) is 0 Å². The van der Waals surface area contributed by atoms with Gasteiger partial charge in [-0.15, -0.1) is 0 Å². The third kappa shape index (κ3) is 6.06. The monoisotopic (exact) mass is 800 g/mol. The molecular weight excluding hydrogens is 757 g/mol. The Hall–Kier alpha value is -8.41. The predicted octanol–water partition coefficient (Wildman–Crippen LogP) is 14.9. The Kier molecular flexibility index (Phi) is 6.67. The van der Waals surface area contributed by atoms with Crippen LogP contribution in [-0.2, 0) is 0 Å². The van der Waals surface area contributed by atoms with E-state index in [1.165, 1.54) is 4.57 Å². The van der Waals surface area contributed by atoms with Crippen LogP contribution < -0.4 is 0 Å². The molecule has 0 unspecified atom stereocenters. The number of hydrogen-bond donors (Lipinski definition) is 0. The highest BCUT2D eigenvalue weighted by Gasteiger charge is 2.21. The van der Waals surface area contributed by atoms with Gasteiger partial charge in [0, 0.05) is 38.2 Å². The second kappa shape index (κ2) is 14.7. The van der Waals surface area contributed by atoms with Crippen LogP contribution in [0.3, 0.4) is 0 Å². The molecule has 0 N–H and O–H groups in total. The van der Waals surface area contributed by atoms with Crippen molar-refractivity contribution in [1.29, 1.82) is 0 Å². The Morgan fingerprint density at radius 1 is 0.371 bits per heavy atom. The number of fused-ring (bicyclic) bond motifs is 6. The third-order valence-corrected chi connectivity index (χ3v) is 11.3. The van der Waals surface area contributed by atoms with E-state index in [0.717, 1.165) is 55.3 Å². The van der Waals surface area contributed by atoms with E-state index in [0.29, 0.717) is 34.0 Å². The molecular formula is C57H36N4O. The first-order chi connectivity index (χ1) is 34.0. The molecule has 290 valence electrons. The molecule has 0 atom stereocenters. The zero-order chi connectivity index (χ0) is 47.9. The van der Waals surface area contributed by atoms with Crippen LogP contribution in [0.15, 0.2) is 223 Å². The van der Waals surface area contributed by atoms with Gasteiger partial charge in [0.25, 0.3) is 0 Å². The fraction of sp³-hybridized carbons (Fsp3) is 0. The molecule has 0 bridgehead atoms. The Morgan fingerprint density at radius 2 is 0.919 bits per heavy atom. The summed E-state index contributed by atoms with van der Waals surface area (Å²) in [5, 5.41) is 1.80. The van der Waals surface area contributed by atoms with Crippen LogP contribution in [0.5, 0.6) is 0 Å². The van der Waals surface area contributed by atoms with Crippen LogP contribution in [0.2, 0.25) is 0 Å². The van der Waals surface area contributed by atoms with E-state index in [1.54, 1.807) is 6.07 Å². The van der Waals surface area contributed by atoms with Gasteiger partial charge in [0.15, 0.2) is 17.5 Å². The summed E-state index contributed by atoms with van der Waals surface area (Å²) in [6.07, 6.45) is 0. The maximum absolute atomic E-state index is 9.36. The van der Waals surface area contributed by atoms with Gasteiger partial charge < -0.3 is 8.98 Å². The first-order valence-corrected chi connectivity index (χ1v) is 20.2. The predicted molar refractivity (Wildman–Crippen MR) is 254 cm³/mol. The number of nitrogens with zero attached hydrogens (tertiary/aromatic N) is 4. The lowest BCUT2D eigenvalue weighted by molar-refractivity contribution is 0.669. The molecule has 12 rings (SSSR count). The van der Waals surface area contributed by atoms with Crippen molar-refractivity contribution in [3.05, 3.63) is 218 Å². The first kappa shape index (κ1) is 28.1. The number of benzene rings is 9. The van der Waals surface area contributed by atoms with Crippen LogP contribution in [-0.4, -0.2) is 19.5 Å². The Morgan fingerprint density at radius 3 is 1.65 bits per heavy atom. The van der Waals surface area contributed by atoms with Gasteiger partial charge >= 0.3 is 0 Å². The summed E-state index contributed by atoms with van der Waals surface area (Å²) >= 11 is 0. The molecule has 3 aromatic heterocycles. The van der Waals surface area contributed by atoms with Gasteiger partial charge in [-0.2, -0.15) is 0 Å². The molecule has 0 amide bonds. The normalized spacial score (nSPS) is 13.4. The summed E-state index contributed by atoms with van der Waals surface area (Å²) < 4.78 is 80.0. The van der Waals surface area contributed by atoms with E-state index in [1.807, 2.05) is 140 Å². The molecule has 9 aromatic carbocycles. The zero-order valence-electron chi connectivity index (χ0n) is 40.9. The smallest absolute Gasteiger partial charge is 0.166 e. The van der Waals surface area contributed by atoms with Crippen LogP contribution in [0, 0.1) is 0 Å². The number of para-hydroxylation sites is 2. The molecule has 0 radical (unpaired) electrons. The number of aromatic nitrogens is 4. The lowest BCUT2D eigenvalue weighted by Crippen LogP contribution is -2.04. The van der Waals surface area contributed by atoms with Crippen LogP contribution in [0.4, 0.5) is 0 Å². The van der Waals surface area contributed by atoms with Crippen LogP contribution in [0.1, 0.15) is 11.0 Å². The number of furan rings is 1. The second-order valence-corrected chi connectivity index (χ2v) is 15.0. The largest absolute Gasteiger partial charge is 0.456 e. The van der Waals surface area contributed by atoms with E-state index in [2.05, 4.69) is 24.3 Å². The van der Waals surface area contributed by atoms with Gasteiger partial charge in [0.05, 0.1) is 27.7 Å². The molecule has 62 heavy (non-hydrogen) atoms. The molecule has 0 spiro atoms. The molecule has 12 aromatic rings. The SMILES string of the molecule is [2H]c1c([2H])c([2H])c2c(c1[2H])c1c([2H])c([2H])c([2H])c([2H])c1n2-c1ccc(-c2ccc3oc4cccc(-c5ccccc5)c4c3c2)cc1-c1nc(-c2ccccc2)nc(-c2cccc(-c3ccccc3)c2)n1. The van der Waals surface area contributed by atoms with E-state index in [4.69, 9.17) is 27.6 Å². The fourth-order valence-electron chi connectivity index (χ4n) is 8.43. The highest BCUT2D eigenvalue weighted by molar-refractivity contribution is 6.13. The Balaban J connectivity index is 1.18. The second-order valence-electron chi connectivity index (χ2n) is 15.0. The minimum Gasteiger partial charge on any atom is -0.456 e. The van der Waals surface area contributed by atoms with Gasteiger partial charge in [-0.3, -0.25) is 0 Å². The van der Waals surface area contributed by atoms with Crippen molar-refractivity contribution >= 4 is 43.7 Å². The van der Waals surface area contributed by atoms with Crippen molar-refractivity contribution in [3.8, 4) is 73.2 Å². The summed E-state index contributed by atoms with van der Waals surface area (Å²) in [4.78, 5) is 15.4. The number of rotatable bonds is 7. The molecule has 0 aliphatic rings. The topological polar surface area (TPSA) is 56.7 Å². The minimum atomic E-state index is -0.524. The van der Waals surface area contributed by atoms with Gasteiger partial charge in [0.2, 0.25) is 0 Å². The molecule has 0 saturated heterocycles. The zero-order valence-corrected chi connectivity index (χ0v) is 32.9. The average Bonchev–Trinajstić information content (AvgIpc) is 3.98. The van der Waals surface area contributed by atoms with E-state index >= 15 is 0 Å². The minimum absolute atomic E-state index is 0.0187. The van der Waals surface area contributed by atoms with E-state index in [9.17, 15) is 2.74 Å². The Labute approximate surface area is 369 Å². The Bertz CT molecular complexity index is 4030. The molecule has 0 saturated carbocycles. The molecule has 3 heterocycles. The summed E-state index contributed by atoms with van der Waals surface area (Å²) in [6.45, 7) is 0. The van der Waals surface area contributed by atoms with Crippen molar-refractivity contribution in [2.75, 3.05) is 0 Å². The quantitative estimate of drug-likeness (QED) is 0.161. The maximum atomic E-state index is 9.36. The van der Waals surface area contributed by atoms with Crippen molar-refractivity contribution in [1.82, 2.24) is 19.5 Å². The fourth-order valence-corrected chi connectivity index (χ4v) is 8.43. The summed E-state index contributed by atoms with van der Waals surface area (Å²) in [5.74, 6) is 0.945. The molecule has 5 heteroatoms. The first-order valence-electron chi connectivity index (χ1n) is 24.2. The highest BCUT2D eigenvalue weighted by atomic mass is 16.3. The average molecular weight is 801 g/mol. The maximum Gasteiger partial charge on any atom is 0.166 e. The molecule has 0 fully saturated rings. The lowest BCUT2D eigenvalue weighted by atomic mass is 9.96. The molecule has 5 nitrogen and oxygen atoms in total. The van der Waals surface area contributed by atoms with E-state index in [-0.39, 0.29) is 27.6 Å². The van der Waals surface area contributed by atoms with E-state index < -0.39 is 48.3 Å². The van der Waals surface area contributed by atoms with Crippen molar-refractivity contribution < 1.29 is 15.4 Å². The third-order valence-electron chi connectivity index (χ3n) is 11.3.